The third-order valence-corrected chi connectivity index (χ3v) is 5.05. The Morgan fingerprint density at radius 3 is 2.00 bits per heavy atom. The second-order valence-corrected chi connectivity index (χ2v) is 7.32. The number of carbonyl (C=O) groups is 1. The number of nitrogens with one attached hydrogen (secondary N) is 1. The first-order chi connectivity index (χ1) is 12.1. The second-order valence-electron chi connectivity index (χ2n) is 5.56. The summed E-state index contributed by atoms with van der Waals surface area (Å²) < 4.78 is 64.2. The molecule has 0 aliphatic heterocycles. The smallest absolute Gasteiger partial charge is 0.416 e. The zero-order valence-electron chi connectivity index (χ0n) is 13.5. The molecule has 0 radical (unpaired) electrons. The van der Waals surface area contributed by atoms with Gasteiger partial charge in [0.2, 0.25) is 10.0 Å². The fourth-order valence-electron chi connectivity index (χ4n) is 2.23. The van der Waals surface area contributed by atoms with E-state index in [4.69, 9.17) is 5.11 Å². The van der Waals surface area contributed by atoms with E-state index >= 15 is 0 Å². The van der Waals surface area contributed by atoms with Crippen molar-refractivity contribution < 1.29 is 31.5 Å². The molecule has 26 heavy (non-hydrogen) atoms. The molecule has 5 nitrogen and oxygen atoms in total. The number of rotatable bonds is 7. The third-order valence-electron chi connectivity index (χ3n) is 3.58. The quantitative estimate of drug-likeness (QED) is 0.765. The predicted molar refractivity (Wildman–Crippen MR) is 88.1 cm³/mol. The normalized spacial score (nSPS) is 12.1. The van der Waals surface area contributed by atoms with E-state index in [-0.39, 0.29) is 24.3 Å². The van der Waals surface area contributed by atoms with Crippen LogP contribution in [-0.2, 0) is 33.8 Å². The standard InChI is InChI=1S/C17H16F3NO4S/c18-17(19,20)14-5-1-12(2-6-14)9-10-21-26(24,25)15-7-3-13(4-8-15)11-16(22)23/h1-8,21H,9-11H2,(H,22,23). The maximum atomic E-state index is 12.5. The topological polar surface area (TPSA) is 83.5 Å². The molecule has 140 valence electrons. The van der Waals surface area contributed by atoms with Gasteiger partial charge < -0.3 is 5.11 Å². The lowest BCUT2D eigenvalue weighted by atomic mass is 10.1. The molecule has 0 saturated carbocycles. The highest BCUT2D eigenvalue weighted by Crippen LogP contribution is 2.29. The van der Waals surface area contributed by atoms with Gasteiger partial charge in [-0.25, -0.2) is 13.1 Å². The Bertz CT molecular complexity index is 860. The molecule has 0 heterocycles. The Kier molecular flexibility index (Phi) is 6.04. The number of hydrogen-bond acceptors (Lipinski definition) is 3. The van der Waals surface area contributed by atoms with Gasteiger partial charge in [-0.05, 0) is 41.8 Å². The Morgan fingerprint density at radius 1 is 0.962 bits per heavy atom. The van der Waals surface area contributed by atoms with Crippen LogP contribution in [0.25, 0.3) is 0 Å². The van der Waals surface area contributed by atoms with E-state index in [1.54, 1.807) is 0 Å². The summed E-state index contributed by atoms with van der Waals surface area (Å²) in [6.45, 7) is 0.0184. The minimum Gasteiger partial charge on any atom is -0.481 e. The zero-order chi connectivity index (χ0) is 19.4. The molecule has 2 rings (SSSR count). The second kappa shape index (κ2) is 7.88. The Morgan fingerprint density at radius 2 is 1.50 bits per heavy atom. The Balaban J connectivity index is 1.94. The van der Waals surface area contributed by atoms with Crippen molar-refractivity contribution in [2.24, 2.45) is 0 Å². The number of carboxylic acid groups (broad SMARTS) is 1. The number of hydrogen-bond donors (Lipinski definition) is 2. The number of sulfonamides is 1. The van der Waals surface area contributed by atoms with Crippen LogP contribution >= 0.6 is 0 Å². The molecule has 2 aromatic rings. The van der Waals surface area contributed by atoms with Crippen LogP contribution in [0.15, 0.2) is 53.4 Å². The van der Waals surface area contributed by atoms with Crippen LogP contribution in [0.4, 0.5) is 13.2 Å². The molecule has 0 amide bonds. The molecular weight excluding hydrogens is 371 g/mol. The summed E-state index contributed by atoms with van der Waals surface area (Å²) in [6, 6.07) is 9.94. The van der Waals surface area contributed by atoms with Crippen LogP contribution in [-0.4, -0.2) is 26.0 Å². The first kappa shape index (κ1) is 19.9. The molecule has 0 bridgehead atoms. The lowest BCUT2D eigenvalue weighted by molar-refractivity contribution is -0.138. The van der Waals surface area contributed by atoms with Gasteiger partial charge in [-0.2, -0.15) is 13.2 Å². The van der Waals surface area contributed by atoms with Crippen molar-refractivity contribution in [3.8, 4) is 0 Å². The van der Waals surface area contributed by atoms with Gasteiger partial charge >= 0.3 is 12.1 Å². The fourth-order valence-corrected chi connectivity index (χ4v) is 3.27. The molecule has 0 spiro atoms. The van der Waals surface area contributed by atoms with E-state index in [1.165, 1.54) is 36.4 Å². The first-order valence-electron chi connectivity index (χ1n) is 7.54. The maximum Gasteiger partial charge on any atom is 0.416 e. The summed E-state index contributed by atoms with van der Waals surface area (Å²) in [5.41, 5.74) is 0.280. The number of aliphatic carboxylic acids is 1. The van der Waals surface area contributed by atoms with Gasteiger partial charge in [0.15, 0.2) is 0 Å². The average Bonchev–Trinajstić information content (AvgIpc) is 2.54. The van der Waals surface area contributed by atoms with Gasteiger partial charge in [-0.15, -0.1) is 0 Å². The number of carboxylic acids is 1. The van der Waals surface area contributed by atoms with E-state index in [0.717, 1.165) is 12.1 Å². The van der Waals surface area contributed by atoms with E-state index < -0.39 is 27.7 Å². The lowest BCUT2D eigenvalue weighted by Crippen LogP contribution is -2.26. The van der Waals surface area contributed by atoms with Crippen molar-refractivity contribution in [1.82, 2.24) is 4.72 Å². The number of alkyl halides is 3. The molecule has 0 aliphatic carbocycles. The maximum absolute atomic E-state index is 12.5. The van der Waals surface area contributed by atoms with E-state index in [2.05, 4.69) is 4.72 Å². The molecule has 0 fully saturated rings. The SMILES string of the molecule is O=C(O)Cc1ccc(S(=O)(=O)NCCc2ccc(C(F)(F)F)cc2)cc1. The molecule has 9 heteroatoms. The number of benzene rings is 2. The molecule has 0 aromatic heterocycles. The van der Waals surface area contributed by atoms with Crippen LogP contribution in [0, 0.1) is 0 Å². The van der Waals surface area contributed by atoms with Crippen molar-refractivity contribution >= 4 is 16.0 Å². The van der Waals surface area contributed by atoms with Gasteiger partial charge in [-0.1, -0.05) is 24.3 Å². The van der Waals surface area contributed by atoms with Crippen LogP contribution < -0.4 is 4.72 Å². The highest BCUT2D eigenvalue weighted by atomic mass is 32.2. The first-order valence-corrected chi connectivity index (χ1v) is 9.03. The van der Waals surface area contributed by atoms with Gasteiger partial charge in [0, 0.05) is 6.54 Å². The van der Waals surface area contributed by atoms with Crippen molar-refractivity contribution in [3.05, 3.63) is 65.2 Å². The monoisotopic (exact) mass is 387 g/mol. The summed E-state index contributed by atoms with van der Waals surface area (Å²) in [5.74, 6) is -1.02. The van der Waals surface area contributed by atoms with E-state index in [0.29, 0.717) is 11.1 Å². The minimum absolute atomic E-state index is 0.0148. The Hall–Kier alpha value is -2.39. The van der Waals surface area contributed by atoms with Crippen LogP contribution in [0.3, 0.4) is 0 Å². The van der Waals surface area contributed by atoms with Crippen molar-refractivity contribution in [3.63, 3.8) is 0 Å². The third kappa shape index (κ3) is 5.57. The number of halogens is 3. The summed E-state index contributed by atoms with van der Waals surface area (Å²) in [7, 11) is -3.78. The van der Waals surface area contributed by atoms with Crippen molar-refractivity contribution in [1.29, 1.82) is 0 Å². The highest BCUT2D eigenvalue weighted by molar-refractivity contribution is 7.89. The molecule has 0 aliphatic rings. The van der Waals surface area contributed by atoms with Gasteiger partial charge in [0.1, 0.15) is 0 Å². The summed E-state index contributed by atoms with van der Waals surface area (Å²) in [4.78, 5) is 10.6. The van der Waals surface area contributed by atoms with Crippen LogP contribution in [0.2, 0.25) is 0 Å². The van der Waals surface area contributed by atoms with Gasteiger partial charge in [-0.3, -0.25) is 4.79 Å². The largest absolute Gasteiger partial charge is 0.481 e. The van der Waals surface area contributed by atoms with Crippen LogP contribution in [0.5, 0.6) is 0 Å². The van der Waals surface area contributed by atoms with Crippen LogP contribution in [0.1, 0.15) is 16.7 Å². The van der Waals surface area contributed by atoms with Crippen molar-refractivity contribution in [2.45, 2.75) is 23.9 Å². The minimum atomic E-state index is -4.41. The zero-order valence-corrected chi connectivity index (χ0v) is 14.3. The molecule has 0 saturated heterocycles. The highest BCUT2D eigenvalue weighted by Gasteiger charge is 2.29. The molecular formula is C17H16F3NO4S. The molecule has 0 unspecified atom stereocenters. The predicted octanol–water partition coefficient (Wildman–Crippen LogP) is 2.85. The summed E-state index contributed by atoms with van der Waals surface area (Å²) >= 11 is 0. The summed E-state index contributed by atoms with van der Waals surface area (Å²) in [5, 5.41) is 8.69. The molecule has 2 aromatic carbocycles. The van der Waals surface area contributed by atoms with Gasteiger partial charge in [0.05, 0.1) is 16.9 Å². The van der Waals surface area contributed by atoms with E-state index in [9.17, 15) is 26.4 Å². The van der Waals surface area contributed by atoms with Gasteiger partial charge in [0.25, 0.3) is 0 Å². The summed E-state index contributed by atoms with van der Waals surface area (Å²) in [6.07, 6.45) is -4.39. The lowest BCUT2D eigenvalue weighted by Gasteiger charge is -2.09. The molecule has 0 atom stereocenters. The Labute approximate surface area is 148 Å². The van der Waals surface area contributed by atoms with E-state index in [1.807, 2.05) is 0 Å². The average molecular weight is 387 g/mol. The molecule has 2 N–H and O–H groups in total. The fraction of sp³-hybridized carbons (Fsp3) is 0.235. The van der Waals surface area contributed by atoms with Crippen molar-refractivity contribution in [2.75, 3.05) is 6.54 Å².